The van der Waals surface area contributed by atoms with E-state index in [0.29, 0.717) is 0 Å². The number of para-hydroxylation sites is 1. The molecule has 2 aromatic heterocycles. The first-order valence-corrected chi connectivity index (χ1v) is 5.26. The van der Waals surface area contributed by atoms with Crippen LogP contribution in [-0.2, 0) is 0 Å². The Balaban J connectivity index is 0.000000128. The quantitative estimate of drug-likeness (QED) is 0.595. The van der Waals surface area contributed by atoms with Crippen LogP contribution in [0.15, 0.2) is 53.4 Å². The van der Waals surface area contributed by atoms with Crippen LogP contribution < -0.4 is 0 Å². The molecule has 0 bridgehead atoms. The summed E-state index contributed by atoms with van der Waals surface area (Å²) in [5, 5.41) is 12.0. The Labute approximate surface area is 86.2 Å². The minimum Gasteiger partial charge on any atom is -0.278 e. The molecule has 0 spiro atoms. The van der Waals surface area contributed by atoms with Gasteiger partial charge in [-0.15, -0.1) is 0 Å². The minimum atomic E-state index is 1.09. The van der Waals surface area contributed by atoms with Crippen LogP contribution in [0.4, 0.5) is 0 Å². The number of hydrogen-bond acceptors (Lipinski definition) is 2. The van der Waals surface area contributed by atoms with E-state index in [1.807, 2.05) is 53.4 Å². The zero-order valence-corrected chi connectivity index (χ0v) is 8.37. The summed E-state index contributed by atoms with van der Waals surface area (Å²) in [7, 11) is 0. The summed E-state index contributed by atoms with van der Waals surface area (Å²) in [5.74, 6) is 0. The SMILES string of the molecule is c1ccc2[nH]ncc2c1.c1ccsc1. The van der Waals surface area contributed by atoms with Crippen LogP contribution in [0.1, 0.15) is 0 Å². The largest absolute Gasteiger partial charge is 0.278 e. The first-order chi connectivity index (χ1) is 6.97. The molecule has 70 valence electrons. The summed E-state index contributed by atoms with van der Waals surface area (Å²) >= 11 is 1.71. The van der Waals surface area contributed by atoms with Crippen molar-refractivity contribution in [2.75, 3.05) is 0 Å². The lowest BCUT2D eigenvalue weighted by atomic mass is 10.3. The zero-order chi connectivity index (χ0) is 9.64. The first-order valence-electron chi connectivity index (χ1n) is 4.32. The highest BCUT2D eigenvalue weighted by Crippen LogP contribution is 2.06. The van der Waals surface area contributed by atoms with Crippen LogP contribution in [0.2, 0.25) is 0 Å². The van der Waals surface area contributed by atoms with Gasteiger partial charge in [-0.1, -0.05) is 30.3 Å². The Morgan fingerprint density at radius 3 is 2.43 bits per heavy atom. The molecule has 0 aliphatic heterocycles. The molecule has 0 unspecified atom stereocenters. The van der Waals surface area contributed by atoms with Gasteiger partial charge in [0.1, 0.15) is 0 Å². The maximum Gasteiger partial charge on any atom is 0.0650 e. The van der Waals surface area contributed by atoms with Crippen LogP contribution in [0.3, 0.4) is 0 Å². The third-order valence-corrected chi connectivity index (χ3v) is 2.40. The number of hydrogen-bond donors (Lipinski definition) is 1. The third kappa shape index (κ3) is 2.20. The van der Waals surface area contributed by atoms with E-state index in [1.165, 1.54) is 0 Å². The van der Waals surface area contributed by atoms with E-state index < -0.39 is 0 Å². The molecule has 3 heteroatoms. The van der Waals surface area contributed by atoms with Gasteiger partial charge in [0.2, 0.25) is 0 Å². The van der Waals surface area contributed by atoms with Gasteiger partial charge >= 0.3 is 0 Å². The van der Waals surface area contributed by atoms with Crippen molar-refractivity contribution < 1.29 is 0 Å². The average molecular weight is 202 g/mol. The van der Waals surface area contributed by atoms with Gasteiger partial charge in [0.15, 0.2) is 0 Å². The second kappa shape index (κ2) is 4.58. The number of nitrogens with zero attached hydrogens (tertiary/aromatic N) is 1. The zero-order valence-electron chi connectivity index (χ0n) is 7.55. The number of benzene rings is 1. The minimum absolute atomic E-state index is 1.09. The summed E-state index contributed by atoms with van der Waals surface area (Å²) < 4.78 is 0. The molecule has 14 heavy (non-hydrogen) atoms. The smallest absolute Gasteiger partial charge is 0.0650 e. The number of H-pyrrole nitrogens is 1. The fourth-order valence-electron chi connectivity index (χ4n) is 1.11. The molecule has 1 aromatic carbocycles. The topological polar surface area (TPSA) is 28.7 Å². The van der Waals surface area contributed by atoms with E-state index in [0.717, 1.165) is 10.9 Å². The van der Waals surface area contributed by atoms with Gasteiger partial charge in [-0.25, -0.2) is 0 Å². The summed E-state index contributed by atoms with van der Waals surface area (Å²) in [6, 6.07) is 12.1. The lowest BCUT2D eigenvalue weighted by molar-refractivity contribution is 1.12. The maximum absolute atomic E-state index is 3.88. The molecule has 0 atom stereocenters. The molecule has 2 nitrogen and oxygen atoms in total. The highest BCUT2D eigenvalue weighted by atomic mass is 32.1. The highest BCUT2D eigenvalue weighted by Gasteiger charge is 1.88. The van der Waals surface area contributed by atoms with Crippen LogP contribution in [0.25, 0.3) is 10.9 Å². The number of thiophene rings is 1. The maximum atomic E-state index is 3.88. The van der Waals surface area contributed by atoms with Gasteiger partial charge in [0.05, 0.1) is 11.7 Å². The fourth-order valence-corrected chi connectivity index (χ4v) is 1.56. The van der Waals surface area contributed by atoms with Crippen molar-refractivity contribution in [1.29, 1.82) is 0 Å². The molecule has 1 N–H and O–H groups in total. The van der Waals surface area contributed by atoms with E-state index in [9.17, 15) is 0 Å². The molecule has 0 saturated carbocycles. The molecule has 0 aliphatic rings. The van der Waals surface area contributed by atoms with Crippen LogP contribution >= 0.6 is 11.3 Å². The monoisotopic (exact) mass is 202 g/mol. The van der Waals surface area contributed by atoms with Crippen LogP contribution in [0.5, 0.6) is 0 Å². The molecular weight excluding hydrogens is 192 g/mol. The molecule has 2 heterocycles. The van der Waals surface area contributed by atoms with Crippen molar-refractivity contribution in [2.45, 2.75) is 0 Å². The Hall–Kier alpha value is -1.61. The Morgan fingerprint density at radius 2 is 1.79 bits per heavy atom. The molecule has 3 aromatic rings. The standard InChI is InChI=1S/C7H6N2.C4H4S/c1-2-4-7-6(3-1)5-8-9-7;1-2-4-5-3-1/h1-5H,(H,8,9);1-4H. The number of rotatable bonds is 0. The van der Waals surface area contributed by atoms with Gasteiger partial charge in [0, 0.05) is 5.39 Å². The molecule has 0 saturated heterocycles. The normalized spacial score (nSPS) is 9.43. The van der Waals surface area contributed by atoms with Crippen molar-refractivity contribution in [1.82, 2.24) is 10.2 Å². The summed E-state index contributed by atoms with van der Waals surface area (Å²) in [4.78, 5) is 0. The van der Waals surface area contributed by atoms with Gasteiger partial charge in [-0.3, -0.25) is 5.10 Å². The van der Waals surface area contributed by atoms with Crippen molar-refractivity contribution in [3.05, 3.63) is 53.4 Å². The average Bonchev–Trinajstić information content (AvgIpc) is 2.92. The number of fused-ring (bicyclic) bond motifs is 1. The van der Waals surface area contributed by atoms with Gasteiger partial charge < -0.3 is 0 Å². The molecule has 0 aliphatic carbocycles. The molecule has 0 radical (unpaired) electrons. The number of aromatic amines is 1. The second-order valence-corrected chi connectivity index (χ2v) is 3.57. The van der Waals surface area contributed by atoms with Crippen LogP contribution in [-0.4, -0.2) is 10.2 Å². The Morgan fingerprint density at radius 1 is 1.00 bits per heavy atom. The van der Waals surface area contributed by atoms with Crippen LogP contribution in [0, 0.1) is 0 Å². The van der Waals surface area contributed by atoms with Gasteiger partial charge in [-0.2, -0.15) is 16.4 Å². The van der Waals surface area contributed by atoms with E-state index in [1.54, 1.807) is 11.3 Å². The Bertz CT molecular complexity index is 423. The van der Waals surface area contributed by atoms with Crippen molar-refractivity contribution in [2.24, 2.45) is 0 Å². The lowest BCUT2D eigenvalue weighted by Gasteiger charge is -1.81. The number of aromatic nitrogens is 2. The Kier molecular flexibility index (Phi) is 2.93. The molecular formula is C11H10N2S. The second-order valence-electron chi connectivity index (χ2n) is 2.75. The van der Waals surface area contributed by atoms with E-state index in [2.05, 4.69) is 10.2 Å². The van der Waals surface area contributed by atoms with Gasteiger partial charge in [0.25, 0.3) is 0 Å². The van der Waals surface area contributed by atoms with Crippen molar-refractivity contribution in [3.63, 3.8) is 0 Å². The fraction of sp³-hybridized carbons (Fsp3) is 0. The van der Waals surface area contributed by atoms with Gasteiger partial charge in [-0.05, 0) is 16.8 Å². The van der Waals surface area contributed by atoms with E-state index >= 15 is 0 Å². The summed E-state index contributed by atoms with van der Waals surface area (Å²) in [6.07, 6.45) is 1.81. The lowest BCUT2D eigenvalue weighted by Crippen LogP contribution is -1.63. The highest BCUT2D eigenvalue weighted by molar-refractivity contribution is 7.07. The summed E-state index contributed by atoms with van der Waals surface area (Å²) in [5.41, 5.74) is 1.09. The first kappa shape index (κ1) is 8.97. The van der Waals surface area contributed by atoms with E-state index in [-0.39, 0.29) is 0 Å². The summed E-state index contributed by atoms with van der Waals surface area (Å²) in [6.45, 7) is 0. The molecule has 3 rings (SSSR count). The van der Waals surface area contributed by atoms with Crippen molar-refractivity contribution in [3.8, 4) is 0 Å². The predicted molar refractivity (Wildman–Crippen MR) is 60.4 cm³/mol. The predicted octanol–water partition coefficient (Wildman–Crippen LogP) is 3.31. The van der Waals surface area contributed by atoms with E-state index in [4.69, 9.17) is 0 Å². The molecule has 0 fully saturated rings. The molecule has 0 amide bonds. The van der Waals surface area contributed by atoms with Crippen molar-refractivity contribution >= 4 is 22.2 Å². The number of nitrogens with one attached hydrogen (secondary N) is 1. The third-order valence-electron chi connectivity index (χ3n) is 1.77.